The zero-order chi connectivity index (χ0) is 25.5. The maximum Gasteiger partial charge on any atom is 0.220 e. The number of aliphatic carboxylic acids is 1. The van der Waals surface area contributed by atoms with Gasteiger partial charge < -0.3 is 25.4 Å². The number of fused-ring (bicyclic) bond motifs is 5. The predicted molar refractivity (Wildman–Crippen MR) is 133 cm³/mol. The standard InChI is InChI=1S/C29H49NO5/c1-5-19-23-16-18(31)10-13-29(23,4)22-11-14-28(3)20(7-8-21(28)26(22)27(19)35)17(2)6-9-24(32)30-15-12-25(33)34/h17-23,26-27,31,35H,5-16H2,1-4H3,(H,30,32)(H,33,34)/p-1/t17-,18-,19-,20-,21+,22+,23+,26+,27-,28-,29-/m1/s1. The molecule has 0 aromatic heterocycles. The number of carbonyl (C=O) groups excluding carboxylic acids is 2. The van der Waals surface area contributed by atoms with E-state index in [1.54, 1.807) is 0 Å². The summed E-state index contributed by atoms with van der Waals surface area (Å²) in [5.41, 5.74) is 0.418. The lowest BCUT2D eigenvalue weighted by molar-refractivity contribution is -0.305. The van der Waals surface area contributed by atoms with Gasteiger partial charge in [-0.2, -0.15) is 0 Å². The topological polar surface area (TPSA) is 110 Å². The first kappa shape index (κ1) is 26.9. The number of hydrogen-bond donors (Lipinski definition) is 3. The van der Waals surface area contributed by atoms with Crippen LogP contribution in [0.4, 0.5) is 0 Å². The molecule has 0 aromatic carbocycles. The minimum Gasteiger partial charge on any atom is -0.550 e. The Hall–Kier alpha value is -1.14. The van der Waals surface area contributed by atoms with E-state index in [1.165, 1.54) is 25.7 Å². The molecule has 4 rings (SSSR count). The van der Waals surface area contributed by atoms with Gasteiger partial charge in [-0.05, 0) is 104 Å². The van der Waals surface area contributed by atoms with Crippen molar-refractivity contribution in [2.24, 2.45) is 52.3 Å². The van der Waals surface area contributed by atoms with Gasteiger partial charge in [-0.25, -0.2) is 0 Å². The SMILES string of the molecule is CC[C@H]1[C@@H](O)[C@@H]2[C@H](CC[C@]3(C)[C@@H]([C@H](C)CCC(=O)NCCC(=O)[O-])CC[C@@H]23)[C@@]2(C)CC[C@@H](O)C[C@@H]12. The molecule has 11 atom stereocenters. The molecule has 6 heteroatoms. The molecule has 0 aliphatic heterocycles. The molecule has 0 aromatic rings. The average molecular weight is 491 g/mol. The van der Waals surface area contributed by atoms with Crippen molar-refractivity contribution in [3.05, 3.63) is 0 Å². The highest BCUT2D eigenvalue weighted by Gasteiger charge is 2.64. The summed E-state index contributed by atoms with van der Waals surface area (Å²) in [4.78, 5) is 22.8. The maximum absolute atomic E-state index is 12.2. The maximum atomic E-state index is 12.2. The average Bonchev–Trinajstić information content (AvgIpc) is 3.16. The fourth-order valence-corrected chi connectivity index (χ4v) is 9.88. The van der Waals surface area contributed by atoms with Crippen LogP contribution in [0.1, 0.15) is 98.3 Å². The van der Waals surface area contributed by atoms with E-state index in [0.717, 1.165) is 32.1 Å². The number of aliphatic hydroxyl groups excluding tert-OH is 2. The van der Waals surface area contributed by atoms with E-state index in [0.29, 0.717) is 41.9 Å². The van der Waals surface area contributed by atoms with Crippen LogP contribution in [0.5, 0.6) is 0 Å². The molecule has 0 bridgehead atoms. The Balaban J connectivity index is 1.46. The minimum atomic E-state index is -1.14. The molecular weight excluding hydrogens is 442 g/mol. The van der Waals surface area contributed by atoms with Crippen LogP contribution in [-0.2, 0) is 9.59 Å². The first-order valence-electron chi connectivity index (χ1n) is 14.4. The van der Waals surface area contributed by atoms with Crippen LogP contribution in [0.15, 0.2) is 0 Å². The van der Waals surface area contributed by atoms with Gasteiger partial charge in [0.2, 0.25) is 5.91 Å². The van der Waals surface area contributed by atoms with Crippen molar-refractivity contribution in [1.29, 1.82) is 0 Å². The van der Waals surface area contributed by atoms with E-state index >= 15 is 0 Å². The molecule has 4 saturated carbocycles. The highest BCUT2D eigenvalue weighted by atomic mass is 16.4. The van der Waals surface area contributed by atoms with Crippen molar-refractivity contribution in [2.75, 3.05) is 6.54 Å². The first-order chi connectivity index (χ1) is 16.5. The van der Waals surface area contributed by atoms with E-state index in [1.807, 2.05) is 0 Å². The van der Waals surface area contributed by atoms with Crippen LogP contribution in [0.2, 0.25) is 0 Å². The summed E-state index contributed by atoms with van der Waals surface area (Å²) in [5, 5.41) is 35.6. The van der Waals surface area contributed by atoms with E-state index < -0.39 is 5.97 Å². The third-order valence-corrected chi connectivity index (χ3v) is 11.6. The van der Waals surface area contributed by atoms with Gasteiger partial charge in [0.1, 0.15) is 0 Å². The van der Waals surface area contributed by atoms with Gasteiger partial charge in [-0.15, -0.1) is 0 Å². The Morgan fingerprint density at radius 2 is 1.69 bits per heavy atom. The van der Waals surface area contributed by atoms with Crippen molar-refractivity contribution in [3.63, 3.8) is 0 Å². The molecular formula is C29H48NO5-. The van der Waals surface area contributed by atoms with Gasteiger partial charge in [-0.3, -0.25) is 4.79 Å². The second-order valence-electron chi connectivity index (χ2n) is 13.1. The zero-order valence-electron chi connectivity index (χ0n) is 22.3. The van der Waals surface area contributed by atoms with Crippen molar-refractivity contribution < 1.29 is 24.9 Å². The second kappa shape index (κ2) is 10.3. The molecule has 4 aliphatic rings. The van der Waals surface area contributed by atoms with Gasteiger partial charge >= 0.3 is 0 Å². The Kier molecular flexibility index (Phi) is 7.93. The molecule has 1 amide bonds. The van der Waals surface area contributed by atoms with Gasteiger partial charge in [-0.1, -0.05) is 34.1 Å². The predicted octanol–water partition coefficient (Wildman–Crippen LogP) is 3.29. The largest absolute Gasteiger partial charge is 0.550 e. The van der Waals surface area contributed by atoms with Gasteiger partial charge in [0.25, 0.3) is 0 Å². The first-order valence-corrected chi connectivity index (χ1v) is 14.4. The Bertz CT molecular complexity index is 787. The third-order valence-electron chi connectivity index (χ3n) is 11.6. The Morgan fingerprint density at radius 3 is 2.37 bits per heavy atom. The van der Waals surface area contributed by atoms with Crippen LogP contribution >= 0.6 is 0 Å². The summed E-state index contributed by atoms with van der Waals surface area (Å²) in [7, 11) is 0. The molecule has 0 radical (unpaired) electrons. The number of nitrogens with one attached hydrogen (secondary N) is 1. The second-order valence-corrected chi connectivity index (χ2v) is 13.1. The molecule has 0 saturated heterocycles. The number of aliphatic hydroxyl groups is 2. The third kappa shape index (κ3) is 4.79. The zero-order valence-corrected chi connectivity index (χ0v) is 22.3. The number of carboxylic acid groups (broad SMARTS) is 1. The number of hydrogen-bond acceptors (Lipinski definition) is 5. The van der Waals surface area contributed by atoms with Crippen LogP contribution in [0, 0.1) is 52.3 Å². The Labute approximate surface area is 211 Å². The lowest BCUT2D eigenvalue weighted by Gasteiger charge is -2.64. The molecule has 35 heavy (non-hydrogen) atoms. The summed E-state index contributed by atoms with van der Waals surface area (Å²) in [5.74, 6) is 1.87. The summed E-state index contributed by atoms with van der Waals surface area (Å²) in [6, 6.07) is 0. The molecule has 4 fully saturated rings. The van der Waals surface area contributed by atoms with Crippen LogP contribution in [-0.4, -0.2) is 40.8 Å². The highest BCUT2D eigenvalue weighted by molar-refractivity contribution is 5.76. The molecule has 0 heterocycles. The van der Waals surface area contributed by atoms with Gasteiger partial charge in [0.15, 0.2) is 0 Å². The summed E-state index contributed by atoms with van der Waals surface area (Å²) < 4.78 is 0. The Morgan fingerprint density at radius 1 is 1.00 bits per heavy atom. The normalized spacial score (nSPS) is 45.7. The van der Waals surface area contributed by atoms with E-state index in [4.69, 9.17) is 0 Å². The number of rotatable bonds is 8. The van der Waals surface area contributed by atoms with Crippen molar-refractivity contribution in [2.45, 2.75) is 111 Å². The lowest BCUT2D eigenvalue weighted by atomic mass is 9.41. The summed E-state index contributed by atoms with van der Waals surface area (Å²) in [6.07, 6.45) is 9.12. The molecule has 200 valence electrons. The van der Waals surface area contributed by atoms with E-state index in [9.17, 15) is 24.9 Å². The molecule has 6 nitrogen and oxygen atoms in total. The highest BCUT2D eigenvalue weighted by Crippen LogP contribution is 2.69. The van der Waals surface area contributed by atoms with Gasteiger partial charge in [0.05, 0.1) is 12.2 Å². The van der Waals surface area contributed by atoms with Gasteiger partial charge in [0, 0.05) is 25.4 Å². The van der Waals surface area contributed by atoms with E-state index in [-0.39, 0.29) is 47.8 Å². The molecule has 4 aliphatic carbocycles. The van der Waals surface area contributed by atoms with Crippen LogP contribution in [0.25, 0.3) is 0 Å². The number of carboxylic acids is 1. The number of carbonyl (C=O) groups is 2. The van der Waals surface area contributed by atoms with Crippen LogP contribution in [0.3, 0.4) is 0 Å². The minimum absolute atomic E-state index is 0.0755. The molecule has 0 unspecified atom stereocenters. The summed E-state index contributed by atoms with van der Waals surface area (Å²) >= 11 is 0. The van der Waals surface area contributed by atoms with E-state index in [2.05, 4.69) is 33.0 Å². The monoisotopic (exact) mass is 490 g/mol. The van der Waals surface area contributed by atoms with Crippen molar-refractivity contribution >= 4 is 11.9 Å². The fraction of sp³-hybridized carbons (Fsp3) is 0.931. The lowest BCUT2D eigenvalue weighted by Crippen LogP contribution is -2.62. The van der Waals surface area contributed by atoms with Crippen molar-refractivity contribution in [1.82, 2.24) is 5.32 Å². The molecule has 0 spiro atoms. The smallest absolute Gasteiger partial charge is 0.220 e. The molecule has 3 N–H and O–H groups in total. The number of amides is 1. The fourth-order valence-electron chi connectivity index (χ4n) is 9.88. The summed E-state index contributed by atoms with van der Waals surface area (Å²) in [6.45, 7) is 9.58. The van der Waals surface area contributed by atoms with Crippen LogP contribution < -0.4 is 10.4 Å². The quantitative estimate of drug-likeness (QED) is 0.484. The van der Waals surface area contributed by atoms with Crippen molar-refractivity contribution in [3.8, 4) is 0 Å².